The van der Waals surface area contributed by atoms with E-state index in [0.717, 1.165) is 37.8 Å². The molecule has 3 heterocycles. The topological polar surface area (TPSA) is 84.3 Å². The number of rotatable bonds is 6. The van der Waals surface area contributed by atoms with Gasteiger partial charge in [-0.15, -0.1) is 0 Å². The van der Waals surface area contributed by atoms with Crippen LogP contribution in [0.15, 0.2) is 9.05 Å². The average molecular weight is 346 g/mol. The maximum Gasteiger partial charge on any atom is 0.243 e. The normalized spacial score (nSPS) is 23.3. The molecule has 0 bridgehead atoms. The van der Waals surface area contributed by atoms with Gasteiger partial charge in [0.1, 0.15) is 0 Å². The third kappa shape index (κ3) is 3.74. The molecule has 136 valence electrons. The van der Waals surface area contributed by atoms with E-state index in [9.17, 15) is 0 Å². The van der Waals surface area contributed by atoms with Gasteiger partial charge in [-0.1, -0.05) is 10.3 Å². The number of likely N-dealkylation sites (N-methyl/N-ethyl adjacent to an activating group) is 1. The van der Waals surface area contributed by atoms with Crippen molar-refractivity contribution in [1.29, 1.82) is 0 Å². The molecule has 1 saturated heterocycles. The zero-order chi connectivity index (χ0) is 17.4. The van der Waals surface area contributed by atoms with Crippen molar-refractivity contribution in [1.82, 2.24) is 30.1 Å². The number of likely N-dealkylation sites (tertiary alicyclic amines) is 1. The summed E-state index contributed by atoms with van der Waals surface area (Å²) >= 11 is 0. The summed E-state index contributed by atoms with van der Waals surface area (Å²) in [5.41, 5.74) is 0. The van der Waals surface area contributed by atoms with Crippen LogP contribution in [0.5, 0.6) is 0 Å². The second kappa shape index (κ2) is 6.84. The van der Waals surface area contributed by atoms with Gasteiger partial charge in [-0.3, -0.25) is 9.80 Å². The predicted molar refractivity (Wildman–Crippen MR) is 89.8 cm³/mol. The van der Waals surface area contributed by atoms with Crippen LogP contribution in [0.25, 0.3) is 0 Å². The number of piperidine rings is 1. The molecule has 0 unspecified atom stereocenters. The van der Waals surface area contributed by atoms with Crippen LogP contribution in [0, 0.1) is 6.92 Å². The van der Waals surface area contributed by atoms with Crippen LogP contribution in [0.1, 0.15) is 68.0 Å². The van der Waals surface area contributed by atoms with Crippen molar-refractivity contribution in [2.24, 2.45) is 0 Å². The van der Waals surface area contributed by atoms with Crippen molar-refractivity contribution >= 4 is 0 Å². The van der Waals surface area contributed by atoms with E-state index >= 15 is 0 Å². The van der Waals surface area contributed by atoms with Crippen LogP contribution in [0.3, 0.4) is 0 Å². The molecule has 0 N–H and O–H groups in total. The third-order valence-corrected chi connectivity index (χ3v) is 5.34. The van der Waals surface area contributed by atoms with E-state index in [1.165, 1.54) is 19.3 Å². The largest absolute Gasteiger partial charge is 0.339 e. The van der Waals surface area contributed by atoms with Crippen molar-refractivity contribution in [2.45, 2.75) is 64.1 Å². The fraction of sp³-hybridized carbons (Fsp3) is 0.765. The molecule has 0 aromatic carbocycles. The first kappa shape index (κ1) is 16.7. The second-order valence-corrected chi connectivity index (χ2v) is 7.38. The van der Waals surface area contributed by atoms with Gasteiger partial charge in [0.25, 0.3) is 0 Å². The van der Waals surface area contributed by atoms with Crippen LogP contribution in [0.2, 0.25) is 0 Å². The van der Waals surface area contributed by atoms with Crippen molar-refractivity contribution in [3.63, 3.8) is 0 Å². The molecule has 1 aliphatic carbocycles. The van der Waals surface area contributed by atoms with Crippen LogP contribution in [-0.4, -0.2) is 56.3 Å². The lowest BCUT2D eigenvalue weighted by Crippen LogP contribution is -2.47. The molecule has 25 heavy (non-hydrogen) atoms. The third-order valence-electron chi connectivity index (χ3n) is 5.34. The Hall–Kier alpha value is -1.80. The van der Waals surface area contributed by atoms with Crippen LogP contribution >= 0.6 is 0 Å². The van der Waals surface area contributed by atoms with E-state index < -0.39 is 0 Å². The molecular weight excluding hydrogens is 320 g/mol. The molecule has 2 fully saturated rings. The average Bonchev–Trinajstić information content (AvgIpc) is 3.22. The summed E-state index contributed by atoms with van der Waals surface area (Å²) in [5, 5.41) is 8.06. The van der Waals surface area contributed by atoms with Crippen LogP contribution < -0.4 is 0 Å². The molecule has 8 heteroatoms. The molecular formula is C17H26N6O2. The fourth-order valence-electron chi connectivity index (χ4n) is 3.51. The van der Waals surface area contributed by atoms with E-state index in [4.69, 9.17) is 9.05 Å². The Balaban J connectivity index is 1.36. The van der Waals surface area contributed by atoms with E-state index in [0.29, 0.717) is 23.7 Å². The zero-order valence-electron chi connectivity index (χ0n) is 15.2. The van der Waals surface area contributed by atoms with Gasteiger partial charge < -0.3 is 9.05 Å². The van der Waals surface area contributed by atoms with Crippen molar-refractivity contribution in [2.75, 3.05) is 20.1 Å². The Labute approximate surface area is 147 Å². The predicted octanol–water partition coefficient (Wildman–Crippen LogP) is 2.30. The van der Waals surface area contributed by atoms with Gasteiger partial charge in [-0.05, 0) is 53.1 Å². The molecule has 0 amide bonds. The van der Waals surface area contributed by atoms with Gasteiger partial charge in [0.05, 0.1) is 12.6 Å². The van der Waals surface area contributed by atoms with Crippen molar-refractivity contribution < 1.29 is 9.05 Å². The van der Waals surface area contributed by atoms with Gasteiger partial charge in [-0.25, -0.2) is 0 Å². The number of hydrogen-bond donors (Lipinski definition) is 0. The molecule has 1 aliphatic heterocycles. The number of hydrogen-bond acceptors (Lipinski definition) is 8. The van der Waals surface area contributed by atoms with Gasteiger partial charge in [0, 0.05) is 18.5 Å². The highest BCUT2D eigenvalue weighted by molar-refractivity contribution is 5.02. The monoisotopic (exact) mass is 346 g/mol. The van der Waals surface area contributed by atoms with Crippen LogP contribution in [0.4, 0.5) is 0 Å². The zero-order valence-corrected chi connectivity index (χ0v) is 15.2. The summed E-state index contributed by atoms with van der Waals surface area (Å²) in [5.74, 6) is 3.51. The van der Waals surface area contributed by atoms with E-state index in [1.54, 1.807) is 0 Å². The number of nitrogens with zero attached hydrogens (tertiary/aromatic N) is 6. The van der Waals surface area contributed by atoms with Crippen LogP contribution in [-0.2, 0) is 6.54 Å². The summed E-state index contributed by atoms with van der Waals surface area (Å²) in [6.07, 6.45) is 4.71. The summed E-state index contributed by atoms with van der Waals surface area (Å²) in [6.45, 7) is 6.79. The standard InChI is InChI=1S/C17H26N6O2/c1-11(16-18-12(2)20-24-16)22(3)14-5-4-8-23(9-14)10-15-19-17(25-21-15)13-6-7-13/h11,13-14H,4-10H2,1-3H3/t11-,14-/m1/s1. The summed E-state index contributed by atoms with van der Waals surface area (Å²) in [4.78, 5) is 13.7. The maximum absolute atomic E-state index is 5.38. The number of aromatic nitrogens is 4. The second-order valence-electron chi connectivity index (χ2n) is 7.38. The Morgan fingerprint density at radius 3 is 2.76 bits per heavy atom. The van der Waals surface area contributed by atoms with E-state index in [2.05, 4.69) is 44.1 Å². The summed E-state index contributed by atoms with van der Waals surface area (Å²) in [7, 11) is 2.14. The fourth-order valence-corrected chi connectivity index (χ4v) is 3.51. The Morgan fingerprint density at radius 2 is 2.04 bits per heavy atom. The van der Waals surface area contributed by atoms with Gasteiger partial charge in [-0.2, -0.15) is 9.97 Å². The summed E-state index contributed by atoms with van der Waals surface area (Å²) < 4.78 is 10.7. The molecule has 2 aliphatic rings. The number of aryl methyl sites for hydroxylation is 1. The van der Waals surface area contributed by atoms with E-state index in [-0.39, 0.29) is 6.04 Å². The maximum atomic E-state index is 5.38. The molecule has 2 aromatic heterocycles. The smallest absolute Gasteiger partial charge is 0.243 e. The molecule has 8 nitrogen and oxygen atoms in total. The molecule has 0 radical (unpaired) electrons. The van der Waals surface area contributed by atoms with E-state index in [1.807, 2.05) is 6.92 Å². The molecule has 2 aromatic rings. The molecule has 2 atom stereocenters. The molecule has 4 rings (SSSR count). The van der Waals surface area contributed by atoms with Gasteiger partial charge >= 0.3 is 0 Å². The lowest BCUT2D eigenvalue weighted by Gasteiger charge is -2.38. The molecule has 1 saturated carbocycles. The minimum absolute atomic E-state index is 0.109. The Bertz CT molecular complexity index is 710. The molecule has 0 spiro atoms. The lowest BCUT2D eigenvalue weighted by atomic mass is 10.0. The highest BCUT2D eigenvalue weighted by Gasteiger charge is 2.31. The van der Waals surface area contributed by atoms with Gasteiger partial charge in [0.15, 0.2) is 11.6 Å². The Kier molecular flexibility index (Phi) is 4.56. The van der Waals surface area contributed by atoms with Gasteiger partial charge in [0.2, 0.25) is 11.8 Å². The Morgan fingerprint density at radius 1 is 1.20 bits per heavy atom. The SMILES string of the molecule is Cc1noc([C@@H](C)N(C)[C@@H]2CCCN(Cc3noc(C4CC4)n3)C2)n1. The van der Waals surface area contributed by atoms with Crippen molar-refractivity contribution in [3.05, 3.63) is 23.4 Å². The lowest BCUT2D eigenvalue weighted by molar-refractivity contribution is 0.0744. The minimum atomic E-state index is 0.109. The first-order valence-electron chi connectivity index (χ1n) is 9.17. The first-order valence-corrected chi connectivity index (χ1v) is 9.17. The summed E-state index contributed by atoms with van der Waals surface area (Å²) in [6, 6.07) is 0.559. The first-order chi connectivity index (χ1) is 12.1. The quantitative estimate of drug-likeness (QED) is 0.788. The highest BCUT2D eigenvalue weighted by atomic mass is 16.5. The van der Waals surface area contributed by atoms with Crippen molar-refractivity contribution in [3.8, 4) is 0 Å². The minimum Gasteiger partial charge on any atom is -0.339 e. The highest BCUT2D eigenvalue weighted by Crippen LogP contribution is 2.38.